The van der Waals surface area contributed by atoms with Crippen molar-refractivity contribution in [1.82, 2.24) is 15.6 Å². The first-order chi connectivity index (χ1) is 14.3. The first kappa shape index (κ1) is 19.9. The largest absolute Gasteiger partial charge is 0.446 e. The fraction of sp³-hybridized carbons (Fsp3) is 0.190. The standard InChI is InChI=1S/C21H18ClFN4O3/c1-11-17(18(25-21(29)24-11)15-5-3-4-6-16(15)23)19-26-27(12(2)28)20(30-19)13-7-9-14(22)10-8-13/h3-10,18,20H,1-2H3,(H2,24,25,29). The average Bonchev–Trinajstić information content (AvgIpc) is 3.13. The van der Waals surface area contributed by atoms with Crippen molar-refractivity contribution >= 4 is 29.4 Å². The number of carbonyl (C=O) groups is 2. The molecule has 0 saturated carbocycles. The number of amides is 3. The maximum Gasteiger partial charge on any atom is 0.319 e. The molecule has 2 N–H and O–H groups in total. The summed E-state index contributed by atoms with van der Waals surface area (Å²) < 4.78 is 20.6. The van der Waals surface area contributed by atoms with Gasteiger partial charge in [-0.05, 0) is 25.1 Å². The molecule has 2 atom stereocenters. The van der Waals surface area contributed by atoms with Crippen LogP contribution in [0.15, 0.2) is 64.9 Å². The highest BCUT2D eigenvalue weighted by molar-refractivity contribution is 6.30. The second-order valence-electron chi connectivity index (χ2n) is 6.88. The number of hydrogen-bond acceptors (Lipinski definition) is 4. The number of benzene rings is 2. The Morgan fingerprint density at radius 3 is 2.57 bits per heavy atom. The summed E-state index contributed by atoms with van der Waals surface area (Å²) in [5, 5.41) is 11.5. The second-order valence-corrected chi connectivity index (χ2v) is 7.32. The van der Waals surface area contributed by atoms with Crippen LogP contribution in [0.4, 0.5) is 9.18 Å². The summed E-state index contributed by atoms with van der Waals surface area (Å²) in [6, 6.07) is 11.7. The van der Waals surface area contributed by atoms with Gasteiger partial charge in [0.25, 0.3) is 0 Å². The van der Waals surface area contributed by atoms with Gasteiger partial charge in [0.2, 0.25) is 18.0 Å². The number of allylic oxidation sites excluding steroid dienone is 1. The lowest BCUT2D eigenvalue weighted by molar-refractivity contribution is -0.135. The maximum atomic E-state index is 14.5. The minimum absolute atomic E-state index is 0.114. The molecule has 4 rings (SSSR count). The van der Waals surface area contributed by atoms with Crippen LogP contribution in [0.25, 0.3) is 0 Å². The molecule has 0 aromatic heterocycles. The Hall–Kier alpha value is -3.39. The number of hydrazone groups is 1. The average molecular weight is 429 g/mol. The summed E-state index contributed by atoms with van der Waals surface area (Å²) in [7, 11) is 0. The molecular formula is C21H18ClFN4O3. The number of ether oxygens (including phenoxy) is 1. The Balaban J connectivity index is 1.76. The Bertz CT molecular complexity index is 1080. The van der Waals surface area contributed by atoms with Crippen LogP contribution in [0.1, 0.15) is 37.2 Å². The normalized spacial score (nSPS) is 21.0. The van der Waals surface area contributed by atoms with Gasteiger partial charge in [-0.2, -0.15) is 5.01 Å². The van der Waals surface area contributed by atoms with Gasteiger partial charge in [-0.1, -0.05) is 41.9 Å². The number of hydrogen-bond donors (Lipinski definition) is 2. The molecule has 0 fully saturated rings. The molecule has 9 heteroatoms. The van der Waals surface area contributed by atoms with Crippen LogP contribution in [0, 0.1) is 5.82 Å². The number of rotatable bonds is 3. The molecule has 2 aliphatic heterocycles. The van der Waals surface area contributed by atoms with Crippen LogP contribution < -0.4 is 10.6 Å². The lowest BCUT2D eigenvalue weighted by Crippen LogP contribution is -2.45. The summed E-state index contributed by atoms with van der Waals surface area (Å²) in [4.78, 5) is 24.3. The maximum absolute atomic E-state index is 14.5. The van der Waals surface area contributed by atoms with E-state index >= 15 is 0 Å². The quantitative estimate of drug-likeness (QED) is 0.775. The van der Waals surface area contributed by atoms with Crippen molar-refractivity contribution < 1.29 is 18.7 Å². The van der Waals surface area contributed by atoms with Crippen LogP contribution in [0.3, 0.4) is 0 Å². The molecule has 2 heterocycles. The van der Waals surface area contributed by atoms with Gasteiger partial charge in [-0.15, -0.1) is 5.10 Å². The van der Waals surface area contributed by atoms with Gasteiger partial charge >= 0.3 is 6.03 Å². The predicted octanol–water partition coefficient (Wildman–Crippen LogP) is 4.00. The van der Waals surface area contributed by atoms with Gasteiger partial charge in [-0.25, -0.2) is 9.18 Å². The van der Waals surface area contributed by atoms with E-state index in [9.17, 15) is 14.0 Å². The molecule has 2 aromatic rings. The smallest absolute Gasteiger partial charge is 0.319 e. The van der Waals surface area contributed by atoms with E-state index in [1.54, 1.807) is 49.4 Å². The van der Waals surface area contributed by atoms with Crippen molar-refractivity contribution in [3.8, 4) is 0 Å². The van der Waals surface area contributed by atoms with Gasteiger partial charge in [0.1, 0.15) is 5.82 Å². The minimum Gasteiger partial charge on any atom is -0.446 e. The molecule has 0 radical (unpaired) electrons. The van der Waals surface area contributed by atoms with Gasteiger partial charge in [0.15, 0.2) is 0 Å². The molecule has 2 aliphatic rings. The molecule has 0 bridgehead atoms. The Morgan fingerprint density at radius 1 is 1.20 bits per heavy atom. The second kappa shape index (κ2) is 7.79. The third-order valence-corrected chi connectivity index (χ3v) is 5.09. The SMILES string of the molecule is CC(=O)N1N=C(C2=C(C)NC(=O)NC2c2ccccc2F)OC1c1ccc(Cl)cc1. The van der Waals surface area contributed by atoms with Crippen molar-refractivity contribution in [3.63, 3.8) is 0 Å². The van der Waals surface area contributed by atoms with Gasteiger partial charge in [-0.3, -0.25) is 4.79 Å². The Labute approximate surface area is 177 Å². The highest BCUT2D eigenvalue weighted by Gasteiger charge is 2.39. The summed E-state index contributed by atoms with van der Waals surface area (Å²) in [6.45, 7) is 3.04. The molecule has 0 spiro atoms. The zero-order valence-electron chi connectivity index (χ0n) is 16.1. The fourth-order valence-corrected chi connectivity index (χ4v) is 3.56. The van der Waals surface area contributed by atoms with Gasteiger partial charge in [0, 0.05) is 28.8 Å². The van der Waals surface area contributed by atoms with E-state index in [2.05, 4.69) is 15.7 Å². The predicted molar refractivity (Wildman–Crippen MR) is 109 cm³/mol. The van der Waals surface area contributed by atoms with E-state index in [-0.39, 0.29) is 17.4 Å². The summed E-state index contributed by atoms with van der Waals surface area (Å²) >= 11 is 5.96. The van der Waals surface area contributed by atoms with E-state index in [0.717, 1.165) is 0 Å². The number of nitrogens with one attached hydrogen (secondary N) is 2. The monoisotopic (exact) mass is 428 g/mol. The third-order valence-electron chi connectivity index (χ3n) is 4.84. The molecule has 2 unspecified atom stereocenters. The highest BCUT2D eigenvalue weighted by atomic mass is 35.5. The van der Waals surface area contributed by atoms with E-state index in [0.29, 0.717) is 21.9 Å². The van der Waals surface area contributed by atoms with Crippen molar-refractivity contribution in [3.05, 3.63) is 81.8 Å². The van der Waals surface area contributed by atoms with E-state index in [1.165, 1.54) is 18.0 Å². The number of carbonyl (C=O) groups excluding carboxylic acids is 2. The fourth-order valence-electron chi connectivity index (χ4n) is 3.44. The lowest BCUT2D eigenvalue weighted by Gasteiger charge is -2.29. The van der Waals surface area contributed by atoms with Crippen molar-refractivity contribution in [2.45, 2.75) is 26.1 Å². The van der Waals surface area contributed by atoms with Crippen LogP contribution in [0.2, 0.25) is 5.02 Å². The summed E-state index contributed by atoms with van der Waals surface area (Å²) in [5.74, 6) is -0.701. The van der Waals surface area contributed by atoms with E-state index < -0.39 is 24.1 Å². The van der Waals surface area contributed by atoms with Crippen molar-refractivity contribution in [2.24, 2.45) is 5.10 Å². The number of urea groups is 1. The molecule has 0 aliphatic carbocycles. The summed E-state index contributed by atoms with van der Waals surface area (Å²) in [5.41, 5.74) is 1.81. The minimum atomic E-state index is -0.837. The van der Waals surface area contributed by atoms with Gasteiger partial charge < -0.3 is 15.4 Å². The molecule has 30 heavy (non-hydrogen) atoms. The molecule has 154 valence electrons. The van der Waals surface area contributed by atoms with Crippen molar-refractivity contribution in [1.29, 1.82) is 0 Å². The highest BCUT2D eigenvalue weighted by Crippen LogP contribution is 2.36. The zero-order valence-corrected chi connectivity index (χ0v) is 16.9. The molecule has 3 amide bonds. The van der Waals surface area contributed by atoms with E-state index in [1.807, 2.05) is 0 Å². The zero-order chi connectivity index (χ0) is 21.4. The third kappa shape index (κ3) is 3.61. The Kier molecular flexibility index (Phi) is 5.17. The van der Waals surface area contributed by atoms with Gasteiger partial charge in [0.05, 0.1) is 11.6 Å². The molecule has 7 nitrogen and oxygen atoms in total. The Morgan fingerprint density at radius 2 is 1.90 bits per heavy atom. The molecule has 0 saturated heterocycles. The molecular weight excluding hydrogens is 411 g/mol. The van der Waals surface area contributed by atoms with Crippen LogP contribution in [-0.2, 0) is 9.53 Å². The molecule has 2 aromatic carbocycles. The van der Waals surface area contributed by atoms with E-state index in [4.69, 9.17) is 16.3 Å². The van der Waals surface area contributed by atoms with Crippen LogP contribution >= 0.6 is 11.6 Å². The first-order valence-electron chi connectivity index (χ1n) is 9.18. The number of halogens is 2. The topological polar surface area (TPSA) is 83.0 Å². The van der Waals surface area contributed by atoms with Crippen LogP contribution in [0.5, 0.6) is 0 Å². The first-order valence-corrected chi connectivity index (χ1v) is 9.56. The van der Waals surface area contributed by atoms with Crippen molar-refractivity contribution in [2.75, 3.05) is 0 Å². The lowest BCUT2D eigenvalue weighted by atomic mass is 9.95. The number of nitrogens with zero attached hydrogens (tertiary/aromatic N) is 2. The summed E-state index contributed by atoms with van der Waals surface area (Å²) in [6.07, 6.45) is -0.811. The van der Waals surface area contributed by atoms with Crippen LogP contribution in [-0.4, -0.2) is 22.8 Å².